The van der Waals surface area contributed by atoms with Gasteiger partial charge in [-0.3, -0.25) is 0 Å². The van der Waals surface area contributed by atoms with E-state index in [0.717, 1.165) is 16.7 Å². The van der Waals surface area contributed by atoms with Crippen molar-refractivity contribution in [2.45, 2.75) is 49.8 Å². The van der Waals surface area contributed by atoms with Crippen LogP contribution < -0.4 is 0 Å². The molecule has 5 nitrogen and oxygen atoms in total. The third-order valence-electron chi connectivity index (χ3n) is 6.12. The topological polar surface area (TPSA) is 57.2 Å². The zero-order valence-electron chi connectivity index (χ0n) is 18.3. The normalized spacial score (nSPS) is 26.7. The molecule has 2 saturated heterocycles. The van der Waals surface area contributed by atoms with Gasteiger partial charge in [-0.25, -0.2) is 0 Å². The Morgan fingerprint density at radius 1 is 0.781 bits per heavy atom. The summed E-state index contributed by atoms with van der Waals surface area (Å²) in [7, 11) is 0. The molecule has 1 unspecified atom stereocenters. The summed E-state index contributed by atoms with van der Waals surface area (Å²) >= 11 is 0. The van der Waals surface area contributed by atoms with Gasteiger partial charge in [-0.15, -0.1) is 0 Å². The number of hydrogen-bond acceptors (Lipinski definition) is 5. The highest BCUT2D eigenvalue weighted by Crippen LogP contribution is 2.42. The largest absolute Gasteiger partial charge is 0.387 e. The molecule has 0 saturated carbocycles. The minimum atomic E-state index is -0.869. The molecule has 1 N–H and O–H groups in total. The van der Waals surface area contributed by atoms with Crippen LogP contribution in [0.25, 0.3) is 0 Å². The second kappa shape index (κ2) is 8.43. The Morgan fingerprint density at radius 3 is 1.69 bits per heavy atom. The molecule has 32 heavy (non-hydrogen) atoms. The summed E-state index contributed by atoms with van der Waals surface area (Å²) in [5, 5.41) is 10.9. The summed E-state index contributed by atoms with van der Waals surface area (Å²) in [5.74, 6) is -0.774. The first-order valence-electron chi connectivity index (χ1n) is 11.0. The molecule has 2 aliphatic rings. The van der Waals surface area contributed by atoms with Gasteiger partial charge in [0.1, 0.15) is 23.9 Å². The lowest BCUT2D eigenvalue weighted by Crippen LogP contribution is -2.40. The van der Waals surface area contributed by atoms with Gasteiger partial charge >= 0.3 is 0 Å². The first-order chi connectivity index (χ1) is 15.5. The van der Waals surface area contributed by atoms with Crippen LogP contribution in [-0.2, 0) is 24.5 Å². The number of rotatable bonds is 6. The molecule has 3 aromatic carbocycles. The van der Waals surface area contributed by atoms with Crippen molar-refractivity contribution in [1.29, 1.82) is 0 Å². The van der Waals surface area contributed by atoms with Crippen LogP contribution in [0.1, 0.15) is 30.5 Å². The Labute approximate surface area is 188 Å². The second-order valence-corrected chi connectivity index (χ2v) is 8.72. The van der Waals surface area contributed by atoms with Gasteiger partial charge < -0.3 is 24.1 Å². The van der Waals surface area contributed by atoms with E-state index in [1.165, 1.54) is 0 Å². The van der Waals surface area contributed by atoms with Gasteiger partial charge in [0.05, 0.1) is 6.61 Å². The van der Waals surface area contributed by atoms with Crippen LogP contribution in [0.3, 0.4) is 0 Å². The first kappa shape index (κ1) is 21.3. The maximum atomic E-state index is 10.9. The molecular formula is C27H28O5. The smallest absolute Gasteiger partial charge is 0.190 e. The minimum absolute atomic E-state index is 0.167. The SMILES string of the molecule is CC1(C)OC2O[C@H](COC(c3ccccc3)(c3ccccc3)c3ccccc3)[C@H](O)[C@H]2O1. The molecule has 5 heteroatoms. The van der Waals surface area contributed by atoms with Crippen molar-refractivity contribution in [3.63, 3.8) is 0 Å². The number of benzene rings is 3. The average molecular weight is 433 g/mol. The van der Waals surface area contributed by atoms with Gasteiger partial charge in [0.2, 0.25) is 0 Å². The first-order valence-corrected chi connectivity index (χ1v) is 11.0. The van der Waals surface area contributed by atoms with Crippen LogP contribution in [-0.4, -0.2) is 42.1 Å². The summed E-state index contributed by atoms with van der Waals surface area (Å²) in [6.07, 6.45) is -2.55. The lowest BCUT2D eigenvalue weighted by atomic mass is 9.80. The maximum Gasteiger partial charge on any atom is 0.190 e. The monoisotopic (exact) mass is 432 g/mol. The van der Waals surface area contributed by atoms with Crippen LogP contribution in [0.15, 0.2) is 91.0 Å². The van der Waals surface area contributed by atoms with Crippen LogP contribution in [0.2, 0.25) is 0 Å². The lowest BCUT2D eigenvalue weighted by Gasteiger charge is -2.37. The van der Waals surface area contributed by atoms with Crippen molar-refractivity contribution in [3.8, 4) is 0 Å². The van der Waals surface area contributed by atoms with E-state index in [2.05, 4.69) is 36.4 Å². The van der Waals surface area contributed by atoms with Gasteiger partial charge in [-0.1, -0.05) is 91.0 Å². The second-order valence-electron chi connectivity index (χ2n) is 8.72. The molecule has 3 aromatic rings. The molecule has 0 bridgehead atoms. The number of ether oxygens (including phenoxy) is 4. The molecule has 5 rings (SSSR count). The highest BCUT2D eigenvalue weighted by atomic mass is 16.8. The van der Waals surface area contributed by atoms with E-state index in [1.54, 1.807) is 0 Å². The highest BCUT2D eigenvalue weighted by molar-refractivity contribution is 5.47. The van der Waals surface area contributed by atoms with Crippen LogP contribution in [0.4, 0.5) is 0 Å². The van der Waals surface area contributed by atoms with Gasteiger partial charge in [-0.2, -0.15) is 0 Å². The van der Waals surface area contributed by atoms with Gasteiger partial charge in [0.15, 0.2) is 12.1 Å². The van der Waals surface area contributed by atoms with Crippen LogP contribution in [0.5, 0.6) is 0 Å². The molecule has 0 aliphatic carbocycles. The molecule has 0 radical (unpaired) electrons. The van der Waals surface area contributed by atoms with Crippen LogP contribution >= 0.6 is 0 Å². The Bertz CT molecular complexity index is 925. The molecule has 4 atom stereocenters. The van der Waals surface area contributed by atoms with Crippen molar-refractivity contribution >= 4 is 0 Å². The zero-order chi connectivity index (χ0) is 22.2. The van der Waals surface area contributed by atoms with E-state index < -0.39 is 36.0 Å². The molecule has 2 heterocycles. The number of aliphatic hydroxyl groups excluding tert-OH is 1. The van der Waals surface area contributed by atoms with E-state index in [-0.39, 0.29) is 6.61 Å². The van der Waals surface area contributed by atoms with Gasteiger partial charge in [0.25, 0.3) is 0 Å². The average Bonchev–Trinajstić information content (AvgIpc) is 3.28. The Kier molecular flexibility index (Phi) is 5.61. The van der Waals surface area contributed by atoms with Crippen molar-refractivity contribution in [1.82, 2.24) is 0 Å². The fourth-order valence-corrected chi connectivity index (χ4v) is 4.67. The highest BCUT2D eigenvalue weighted by Gasteiger charge is 2.54. The molecule has 0 spiro atoms. The molecule has 166 valence electrons. The van der Waals surface area contributed by atoms with E-state index in [1.807, 2.05) is 68.4 Å². The van der Waals surface area contributed by atoms with Crippen molar-refractivity contribution < 1.29 is 24.1 Å². The number of hydrogen-bond donors (Lipinski definition) is 1. The third kappa shape index (κ3) is 3.76. The van der Waals surface area contributed by atoms with Crippen molar-refractivity contribution in [2.75, 3.05) is 6.61 Å². The Morgan fingerprint density at radius 2 is 1.25 bits per heavy atom. The van der Waals surface area contributed by atoms with E-state index in [9.17, 15) is 5.11 Å². The quantitative estimate of drug-likeness (QED) is 0.591. The fraction of sp³-hybridized carbons (Fsp3) is 0.333. The Balaban J connectivity index is 1.51. The zero-order valence-corrected chi connectivity index (χ0v) is 18.3. The molecular weight excluding hydrogens is 404 g/mol. The standard InChI is InChI=1S/C27H28O5/c1-26(2)31-24-23(28)22(30-25(24)32-26)18-29-27(19-12-6-3-7-13-19,20-14-8-4-9-15-20)21-16-10-5-11-17-21/h3-17,22-25,28H,18H2,1-2H3/t22-,23+,24-,25?/m1/s1. The van der Waals surface area contributed by atoms with Crippen LogP contribution in [0, 0.1) is 0 Å². The summed E-state index contributed by atoms with van der Waals surface area (Å²) in [5.41, 5.74) is 2.13. The molecule has 2 fully saturated rings. The summed E-state index contributed by atoms with van der Waals surface area (Å²) in [6.45, 7) is 3.80. The van der Waals surface area contributed by atoms with Crippen molar-refractivity contribution in [2.24, 2.45) is 0 Å². The van der Waals surface area contributed by atoms with Crippen molar-refractivity contribution in [3.05, 3.63) is 108 Å². The molecule has 2 aliphatic heterocycles. The summed E-state index contributed by atoms with van der Waals surface area (Å²) < 4.78 is 24.4. The molecule has 0 amide bonds. The fourth-order valence-electron chi connectivity index (χ4n) is 4.67. The predicted molar refractivity (Wildman–Crippen MR) is 120 cm³/mol. The summed E-state index contributed by atoms with van der Waals surface area (Å²) in [4.78, 5) is 0. The maximum absolute atomic E-state index is 10.9. The predicted octanol–water partition coefficient (Wildman–Crippen LogP) is 4.23. The summed E-state index contributed by atoms with van der Waals surface area (Å²) in [6, 6.07) is 30.4. The Hall–Kier alpha value is -2.54. The third-order valence-corrected chi connectivity index (χ3v) is 6.12. The van der Waals surface area contributed by atoms with Gasteiger partial charge in [-0.05, 0) is 30.5 Å². The number of fused-ring (bicyclic) bond motifs is 1. The van der Waals surface area contributed by atoms with E-state index >= 15 is 0 Å². The van der Waals surface area contributed by atoms with Gasteiger partial charge in [0, 0.05) is 0 Å². The lowest BCUT2D eigenvalue weighted by molar-refractivity contribution is -0.223. The van der Waals surface area contributed by atoms with E-state index in [4.69, 9.17) is 18.9 Å². The minimum Gasteiger partial charge on any atom is -0.387 e. The van der Waals surface area contributed by atoms with E-state index in [0.29, 0.717) is 0 Å². The molecule has 0 aromatic heterocycles. The number of aliphatic hydroxyl groups is 1.